The number of fused-ring (bicyclic) bond motifs is 1. The normalized spacial score (nSPS) is 16.4. The molecule has 0 saturated carbocycles. The van der Waals surface area contributed by atoms with Gasteiger partial charge in [0.25, 0.3) is 10.0 Å². The summed E-state index contributed by atoms with van der Waals surface area (Å²) in [5, 5.41) is 0. The third-order valence-electron chi connectivity index (χ3n) is 6.96. The molecule has 1 N–H and O–H groups in total. The van der Waals surface area contributed by atoms with Crippen molar-refractivity contribution in [1.29, 1.82) is 0 Å². The molecule has 0 spiro atoms. The van der Waals surface area contributed by atoms with Crippen LogP contribution in [0.3, 0.4) is 0 Å². The van der Waals surface area contributed by atoms with Crippen molar-refractivity contribution in [2.75, 3.05) is 29.3 Å². The van der Waals surface area contributed by atoms with Gasteiger partial charge in [-0.2, -0.15) is 0 Å². The number of carbonyl (C=O) groups excluding carboxylic acids is 2. The van der Waals surface area contributed by atoms with Crippen LogP contribution in [0.15, 0.2) is 41.3 Å². The summed E-state index contributed by atoms with van der Waals surface area (Å²) in [5.41, 5.74) is 3.86. The lowest BCUT2D eigenvalue weighted by atomic mass is 9.99. The standard InChI is InChI=1S/C26H33N3O4S/c1-18-11-14-28(15-12-18)24(30)9-10-25(31)29-16-13-21-17-22(7-8-23(21)29)34(32,33)27-26-19(2)5-4-6-20(26)3/h4-8,17-18,27H,9-16H2,1-3H3. The largest absolute Gasteiger partial charge is 0.343 e. The van der Waals surface area contributed by atoms with Crippen LogP contribution in [0.2, 0.25) is 0 Å². The van der Waals surface area contributed by atoms with Crippen LogP contribution < -0.4 is 9.62 Å². The van der Waals surface area contributed by atoms with Gasteiger partial charge in [-0.05, 0) is 73.9 Å². The lowest BCUT2D eigenvalue weighted by Crippen LogP contribution is -2.38. The van der Waals surface area contributed by atoms with E-state index >= 15 is 0 Å². The topological polar surface area (TPSA) is 86.8 Å². The van der Waals surface area contributed by atoms with Crippen LogP contribution in [0.4, 0.5) is 11.4 Å². The number of benzene rings is 2. The molecule has 182 valence electrons. The molecule has 0 unspecified atom stereocenters. The highest BCUT2D eigenvalue weighted by Gasteiger charge is 2.28. The van der Waals surface area contributed by atoms with E-state index in [-0.39, 0.29) is 29.6 Å². The SMILES string of the molecule is Cc1cccc(C)c1NS(=O)(=O)c1ccc2c(c1)CCN2C(=O)CCC(=O)N1CCC(C)CC1. The van der Waals surface area contributed by atoms with E-state index in [4.69, 9.17) is 0 Å². The van der Waals surface area contributed by atoms with Crippen LogP contribution >= 0.6 is 0 Å². The third kappa shape index (κ3) is 5.12. The number of carbonyl (C=O) groups is 2. The molecule has 0 bridgehead atoms. The van der Waals surface area contributed by atoms with Crippen LogP contribution in [0.25, 0.3) is 0 Å². The van der Waals surface area contributed by atoms with Crippen molar-refractivity contribution < 1.29 is 18.0 Å². The van der Waals surface area contributed by atoms with Crippen molar-refractivity contribution in [2.24, 2.45) is 5.92 Å². The summed E-state index contributed by atoms with van der Waals surface area (Å²) in [6.07, 6.45) is 3.00. The molecule has 0 aromatic heterocycles. The van der Waals surface area contributed by atoms with E-state index in [0.717, 1.165) is 48.3 Å². The summed E-state index contributed by atoms with van der Waals surface area (Å²) in [4.78, 5) is 29.1. The molecule has 1 fully saturated rings. The second-order valence-corrected chi connectivity index (χ2v) is 11.2. The molecule has 2 aromatic rings. The first-order valence-corrected chi connectivity index (χ1v) is 13.4. The van der Waals surface area contributed by atoms with Gasteiger partial charge in [0.15, 0.2) is 0 Å². The monoisotopic (exact) mass is 483 g/mol. The summed E-state index contributed by atoms with van der Waals surface area (Å²) in [6, 6.07) is 10.5. The second kappa shape index (κ2) is 9.78. The maximum Gasteiger partial charge on any atom is 0.261 e. The van der Waals surface area contributed by atoms with Gasteiger partial charge in [-0.1, -0.05) is 25.1 Å². The first-order chi connectivity index (χ1) is 16.2. The Kier molecular flexibility index (Phi) is 6.98. The summed E-state index contributed by atoms with van der Waals surface area (Å²) in [6.45, 7) is 7.98. The maximum atomic E-state index is 13.0. The molecule has 4 rings (SSSR count). The minimum atomic E-state index is -3.76. The Balaban J connectivity index is 1.42. The average Bonchev–Trinajstić information content (AvgIpc) is 3.24. The minimum absolute atomic E-state index is 0.0404. The van der Waals surface area contributed by atoms with Crippen molar-refractivity contribution in [3.63, 3.8) is 0 Å². The Bertz CT molecular complexity index is 1180. The van der Waals surface area contributed by atoms with Crippen LogP contribution in [-0.4, -0.2) is 44.8 Å². The predicted molar refractivity (Wildman–Crippen MR) is 133 cm³/mol. The summed E-state index contributed by atoms with van der Waals surface area (Å²) in [5.74, 6) is 0.594. The number of aryl methyl sites for hydroxylation is 2. The number of para-hydroxylation sites is 1. The number of anilines is 2. The van der Waals surface area contributed by atoms with E-state index in [9.17, 15) is 18.0 Å². The number of piperidine rings is 1. The first kappa shape index (κ1) is 24.3. The number of nitrogens with zero attached hydrogens (tertiary/aromatic N) is 2. The van der Waals surface area contributed by atoms with Gasteiger partial charge in [0.05, 0.1) is 10.6 Å². The van der Waals surface area contributed by atoms with E-state index in [1.54, 1.807) is 23.1 Å². The highest BCUT2D eigenvalue weighted by atomic mass is 32.2. The van der Waals surface area contributed by atoms with Crippen molar-refractivity contribution in [2.45, 2.75) is 57.8 Å². The molecule has 8 heteroatoms. The number of sulfonamides is 1. The average molecular weight is 484 g/mol. The zero-order valence-corrected chi connectivity index (χ0v) is 21.0. The molecule has 2 aliphatic heterocycles. The number of hydrogen-bond donors (Lipinski definition) is 1. The molecule has 0 aliphatic carbocycles. The zero-order chi connectivity index (χ0) is 24.5. The number of nitrogens with one attached hydrogen (secondary N) is 1. The molecule has 1 saturated heterocycles. The van der Waals surface area contributed by atoms with Gasteiger partial charge in [0.1, 0.15) is 0 Å². The Morgan fingerprint density at radius 3 is 2.29 bits per heavy atom. The smallest absolute Gasteiger partial charge is 0.261 e. The van der Waals surface area contributed by atoms with Crippen LogP contribution in [0.1, 0.15) is 49.3 Å². The van der Waals surface area contributed by atoms with Crippen molar-refractivity contribution in [1.82, 2.24) is 4.90 Å². The summed E-state index contributed by atoms with van der Waals surface area (Å²) >= 11 is 0. The maximum absolute atomic E-state index is 13.0. The molecule has 34 heavy (non-hydrogen) atoms. The fraction of sp³-hybridized carbons (Fsp3) is 0.462. The second-order valence-electron chi connectivity index (χ2n) is 9.52. The molecule has 2 amide bonds. The van der Waals surface area contributed by atoms with Crippen LogP contribution in [-0.2, 0) is 26.0 Å². The fourth-order valence-electron chi connectivity index (χ4n) is 4.74. The number of amides is 2. The van der Waals surface area contributed by atoms with Gasteiger partial charge >= 0.3 is 0 Å². The first-order valence-electron chi connectivity index (χ1n) is 12.0. The number of likely N-dealkylation sites (tertiary alicyclic amines) is 1. The molecule has 0 radical (unpaired) electrons. The Hall–Kier alpha value is -2.87. The predicted octanol–water partition coefficient (Wildman–Crippen LogP) is 4.03. The lowest BCUT2D eigenvalue weighted by molar-refractivity contribution is -0.134. The summed E-state index contributed by atoms with van der Waals surface area (Å²) < 4.78 is 28.8. The van der Waals surface area contributed by atoms with E-state index in [1.165, 1.54) is 0 Å². The zero-order valence-electron chi connectivity index (χ0n) is 20.1. The van der Waals surface area contributed by atoms with Gasteiger partial charge in [0.2, 0.25) is 11.8 Å². The van der Waals surface area contributed by atoms with Gasteiger partial charge < -0.3 is 9.80 Å². The van der Waals surface area contributed by atoms with Crippen LogP contribution in [0, 0.1) is 19.8 Å². The number of rotatable bonds is 6. The van der Waals surface area contributed by atoms with E-state index < -0.39 is 10.0 Å². The fourth-order valence-corrected chi connectivity index (χ4v) is 5.99. The van der Waals surface area contributed by atoms with Gasteiger partial charge in [0, 0.05) is 38.2 Å². The van der Waals surface area contributed by atoms with E-state index in [2.05, 4.69) is 11.6 Å². The minimum Gasteiger partial charge on any atom is -0.343 e. The highest BCUT2D eigenvalue weighted by Crippen LogP contribution is 2.32. The quantitative estimate of drug-likeness (QED) is 0.672. The van der Waals surface area contributed by atoms with Gasteiger partial charge in [-0.25, -0.2) is 8.42 Å². The molecule has 0 atom stereocenters. The number of hydrogen-bond acceptors (Lipinski definition) is 4. The Morgan fingerprint density at radius 2 is 1.62 bits per heavy atom. The molecule has 2 heterocycles. The van der Waals surface area contributed by atoms with E-state index in [0.29, 0.717) is 24.6 Å². The van der Waals surface area contributed by atoms with Crippen molar-refractivity contribution in [3.8, 4) is 0 Å². The molecular formula is C26H33N3O4S. The molecular weight excluding hydrogens is 450 g/mol. The third-order valence-corrected chi connectivity index (χ3v) is 8.31. The van der Waals surface area contributed by atoms with E-state index in [1.807, 2.05) is 36.9 Å². The Morgan fingerprint density at radius 1 is 0.971 bits per heavy atom. The highest BCUT2D eigenvalue weighted by molar-refractivity contribution is 7.92. The van der Waals surface area contributed by atoms with Gasteiger partial charge in [-0.3, -0.25) is 14.3 Å². The van der Waals surface area contributed by atoms with Crippen LogP contribution in [0.5, 0.6) is 0 Å². The van der Waals surface area contributed by atoms with Gasteiger partial charge in [-0.15, -0.1) is 0 Å². The Labute approximate surface area is 202 Å². The van der Waals surface area contributed by atoms with Crippen molar-refractivity contribution in [3.05, 3.63) is 53.1 Å². The van der Waals surface area contributed by atoms with Crippen molar-refractivity contribution >= 4 is 33.2 Å². The molecule has 2 aromatic carbocycles. The molecule has 7 nitrogen and oxygen atoms in total. The molecule has 2 aliphatic rings. The summed E-state index contributed by atoms with van der Waals surface area (Å²) in [7, 11) is -3.76. The lowest BCUT2D eigenvalue weighted by Gasteiger charge is -2.30.